The highest BCUT2D eigenvalue weighted by molar-refractivity contribution is 6.57. The minimum Gasteiger partial charge on any atom is -0.422 e. The number of aromatic nitrogens is 2. The van der Waals surface area contributed by atoms with Gasteiger partial charge >= 0.3 is 7.12 Å². The van der Waals surface area contributed by atoms with E-state index in [2.05, 4.69) is 5.10 Å². The first-order valence-electron chi connectivity index (χ1n) is 2.50. The highest BCUT2D eigenvalue weighted by atomic mass is 19.2. The maximum atomic E-state index is 12.3. The van der Waals surface area contributed by atoms with Crippen molar-refractivity contribution in [3.63, 3.8) is 0 Å². The van der Waals surface area contributed by atoms with E-state index in [4.69, 9.17) is 10.0 Å². The second kappa shape index (κ2) is 2.55. The Bertz CT molecular complexity index is 276. The Morgan fingerprint density at radius 2 is 1.91 bits per heavy atom. The molecule has 0 bridgehead atoms. The third-order valence-electron chi connectivity index (χ3n) is 1.02. The molecule has 0 saturated heterocycles. The highest BCUT2D eigenvalue weighted by Gasteiger charge is 2.28. The second-order valence-corrected chi connectivity index (χ2v) is 1.72. The molecule has 0 aliphatic carbocycles. The van der Waals surface area contributed by atoms with Gasteiger partial charge in [-0.05, 0) is 0 Å². The molecule has 0 radical (unpaired) electrons. The van der Waals surface area contributed by atoms with Gasteiger partial charge in [0.1, 0.15) is 5.59 Å². The summed E-state index contributed by atoms with van der Waals surface area (Å²) in [5.41, 5.74) is -1.25. The number of hydrogen-bond acceptors (Lipinski definition) is 3. The van der Waals surface area contributed by atoms with Gasteiger partial charge in [0.25, 0.3) is 5.95 Å². The molecule has 60 valence electrons. The minimum absolute atomic E-state index is 0.769. The number of halogens is 3. The zero-order valence-electron chi connectivity index (χ0n) is 5.00. The molecule has 11 heavy (non-hydrogen) atoms. The summed E-state index contributed by atoms with van der Waals surface area (Å²) in [6, 6.07) is 0. The van der Waals surface area contributed by atoms with Gasteiger partial charge in [-0.1, -0.05) is 9.39 Å². The molecule has 0 atom stereocenters. The Labute approximate surface area is 59.0 Å². The Kier molecular flexibility index (Phi) is 1.88. The summed E-state index contributed by atoms with van der Waals surface area (Å²) in [4.78, 5) is -0.769. The summed E-state index contributed by atoms with van der Waals surface area (Å²) in [5, 5.41) is 18.8. The average Bonchev–Trinajstić information content (AvgIpc) is 2.07. The summed E-state index contributed by atoms with van der Waals surface area (Å²) in [6.45, 7) is 0. The van der Waals surface area contributed by atoms with E-state index in [0.29, 0.717) is 0 Å². The van der Waals surface area contributed by atoms with Gasteiger partial charge in [0, 0.05) is 0 Å². The van der Waals surface area contributed by atoms with Crippen LogP contribution in [0, 0.1) is 11.8 Å². The summed E-state index contributed by atoms with van der Waals surface area (Å²) < 4.78 is 36.4. The van der Waals surface area contributed by atoms with Gasteiger partial charge in [0.2, 0.25) is 0 Å². The van der Waals surface area contributed by atoms with Crippen molar-refractivity contribution in [3.8, 4) is 0 Å². The maximum Gasteiger partial charge on any atom is 0.514 e. The monoisotopic (exact) mass is 166 g/mol. The second-order valence-electron chi connectivity index (χ2n) is 1.72. The van der Waals surface area contributed by atoms with E-state index in [1.54, 1.807) is 0 Å². The van der Waals surface area contributed by atoms with E-state index in [1.165, 1.54) is 0 Å². The fourth-order valence-electron chi connectivity index (χ4n) is 0.570. The van der Waals surface area contributed by atoms with Crippen LogP contribution in [0.15, 0.2) is 0 Å². The van der Waals surface area contributed by atoms with Gasteiger partial charge in [-0.2, -0.15) is 4.39 Å². The van der Waals surface area contributed by atoms with Crippen LogP contribution in [0.2, 0.25) is 0 Å². The topological polar surface area (TPSA) is 58.3 Å². The van der Waals surface area contributed by atoms with Gasteiger partial charge in [0.15, 0.2) is 5.82 Å². The summed E-state index contributed by atoms with van der Waals surface area (Å²) >= 11 is 0. The standard InChI is InChI=1S/C3H2BF3N2O2/c5-1-2(4(10)11)9(7)8-3(1)6/h10-11H. The fraction of sp³-hybridized carbons (Fsp3) is 0. The molecule has 0 aliphatic heterocycles. The number of nitrogens with zero attached hydrogens (tertiary/aromatic N) is 2. The summed E-state index contributed by atoms with van der Waals surface area (Å²) in [6.07, 6.45) is 0. The average molecular weight is 166 g/mol. The van der Waals surface area contributed by atoms with E-state index in [9.17, 15) is 13.3 Å². The predicted octanol–water partition coefficient (Wildman–Crippen LogP) is -1.43. The van der Waals surface area contributed by atoms with E-state index in [0.717, 1.165) is 0 Å². The SMILES string of the molecule is OB(O)c1c(F)c(F)nn1F. The fourth-order valence-corrected chi connectivity index (χ4v) is 0.570. The molecule has 0 aliphatic rings. The molecule has 1 rings (SSSR count). The van der Waals surface area contributed by atoms with E-state index in [-0.39, 0.29) is 0 Å². The normalized spacial score (nSPS) is 10.3. The molecule has 0 saturated carbocycles. The predicted molar refractivity (Wildman–Crippen MR) is 28.5 cm³/mol. The molecule has 8 heteroatoms. The lowest BCUT2D eigenvalue weighted by atomic mass is 9.86. The maximum absolute atomic E-state index is 12.3. The Balaban J connectivity index is 3.22. The zero-order valence-corrected chi connectivity index (χ0v) is 5.00. The molecular formula is C3H2BF3N2O2. The molecule has 0 fully saturated rings. The first kappa shape index (κ1) is 8.09. The van der Waals surface area contributed by atoms with Crippen LogP contribution >= 0.6 is 0 Å². The smallest absolute Gasteiger partial charge is 0.422 e. The van der Waals surface area contributed by atoms with Crippen molar-refractivity contribution in [1.29, 1.82) is 0 Å². The summed E-state index contributed by atoms with van der Waals surface area (Å²) in [5.74, 6) is -3.42. The molecule has 2 N–H and O–H groups in total. The van der Waals surface area contributed by atoms with Gasteiger partial charge in [-0.3, -0.25) is 0 Å². The van der Waals surface area contributed by atoms with Crippen LogP contribution in [-0.4, -0.2) is 27.2 Å². The van der Waals surface area contributed by atoms with Crippen molar-refractivity contribution >= 4 is 12.7 Å². The Morgan fingerprint density at radius 1 is 1.36 bits per heavy atom. The Morgan fingerprint density at radius 3 is 2.09 bits per heavy atom. The molecule has 4 nitrogen and oxygen atoms in total. The van der Waals surface area contributed by atoms with Crippen LogP contribution in [-0.2, 0) is 0 Å². The molecular weight excluding hydrogens is 164 g/mol. The number of rotatable bonds is 1. The lowest BCUT2D eigenvalue weighted by molar-refractivity contribution is 0.305. The van der Waals surface area contributed by atoms with E-state index >= 15 is 0 Å². The molecule has 1 heterocycles. The minimum atomic E-state index is -2.42. The first-order chi connectivity index (χ1) is 5.04. The van der Waals surface area contributed by atoms with Crippen LogP contribution < -0.4 is 5.59 Å². The molecule has 0 spiro atoms. The third kappa shape index (κ3) is 1.22. The largest absolute Gasteiger partial charge is 0.514 e. The van der Waals surface area contributed by atoms with Crippen molar-refractivity contribution in [3.05, 3.63) is 11.8 Å². The Hall–Kier alpha value is -1.02. The van der Waals surface area contributed by atoms with Crippen LogP contribution in [0.1, 0.15) is 0 Å². The summed E-state index contributed by atoms with van der Waals surface area (Å²) in [7, 11) is -2.42. The zero-order chi connectivity index (χ0) is 8.59. The molecule has 1 aromatic rings. The van der Waals surface area contributed by atoms with Crippen molar-refractivity contribution in [2.24, 2.45) is 0 Å². The van der Waals surface area contributed by atoms with Crippen LogP contribution in [0.25, 0.3) is 0 Å². The molecule has 1 aromatic heterocycles. The highest BCUT2D eigenvalue weighted by Crippen LogP contribution is 1.99. The van der Waals surface area contributed by atoms with Gasteiger partial charge < -0.3 is 10.0 Å². The van der Waals surface area contributed by atoms with Crippen LogP contribution in [0.5, 0.6) is 0 Å². The lowest BCUT2D eigenvalue weighted by Gasteiger charge is -1.93. The third-order valence-corrected chi connectivity index (χ3v) is 1.02. The van der Waals surface area contributed by atoms with Crippen molar-refractivity contribution in [2.75, 3.05) is 0 Å². The van der Waals surface area contributed by atoms with Gasteiger partial charge in [-0.25, -0.2) is 4.39 Å². The first-order valence-corrected chi connectivity index (χ1v) is 2.50. The van der Waals surface area contributed by atoms with E-state index in [1.807, 2.05) is 0 Å². The quantitative estimate of drug-likeness (QED) is 0.503. The van der Waals surface area contributed by atoms with Crippen molar-refractivity contribution in [2.45, 2.75) is 0 Å². The molecule has 0 amide bonds. The van der Waals surface area contributed by atoms with Crippen molar-refractivity contribution < 1.29 is 23.3 Å². The van der Waals surface area contributed by atoms with E-state index < -0.39 is 29.4 Å². The molecule has 0 unspecified atom stereocenters. The van der Waals surface area contributed by atoms with Gasteiger partial charge in [0.05, 0.1) is 0 Å². The van der Waals surface area contributed by atoms with Crippen molar-refractivity contribution in [1.82, 2.24) is 10.0 Å². The molecule has 0 aromatic carbocycles. The van der Waals surface area contributed by atoms with Crippen LogP contribution in [0.4, 0.5) is 13.3 Å². The lowest BCUT2D eigenvalue weighted by Crippen LogP contribution is -2.36. The van der Waals surface area contributed by atoms with Crippen LogP contribution in [0.3, 0.4) is 0 Å². The van der Waals surface area contributed by atoms with Gasteiger partial charge in [-0.15, -0.1) is 5.10 Å². The number of hydrogen-bond donors (Lipinski definition) is 2.